The third-order valence-corrected chi connectivity index (χ3v) is 5.84. The summed E-state index contributed by atoms with van der Waals surface area (Å²) in [5.41, 5.74) is 2.30. The standard InChI is InChI=1S/C24H27N5O4/c1-33-24(32)21-16-29(27-26-21)19-13-22(23(31)25-12-11-17-5-3-2-4-6-17)28(15-19)14-18-7-9-20(30)10-8-18/h2-10,16,19,22,30H,11-15H2,1H3,(H,25,31)/t19-,22+/m1/s1. The van der Waals surface area contributed by atoms with Gasteiger partial charge in [0.25, 0.3) is 0 Å². The maximum absolute atomic E-state index is 13.1. The van der Waals surface area contributed by atoms with Gasteiger partial charge in [0.2, 0.25) is 5.91 Å². The second-order valence-electron chi connectivity index (χ2n) is 8.10. The van der Waals surface area contributed by atoms with Gasteiger partial charge in [-0.25, -0.2) is 9.48 Å². The van der Waals surface area contributed by atoms with Crippen LogP contribution in [0.4, 0.5) is 0 Å². The number of rotatable bonds is 8. The Morgan fingerprint density at radius 3 is 2.61 bits per heavy atom. The van der Waals surface area contributed by atoms with E-state index in [4.69, 9.17) is 4.74 Å². The fourth-order valence-corrected chi connectivity index (χ4v) is 4.10. The summed E-state index contributed by atoms with van der Waals surface area (Å²) in [6.07, 6.45) is 2.86. The molecule has 1 amide bonds. The number of phenolic OH excluding ortho intramolecular Hbond substituents is 1. The first-order valence-electron chi connectivity index (χ1n) is 10.9. The largest absolute Gasteiger partial charge is 0.508 e. The SMILES string of the molecule is COC(=O)c1cn([C@@H]2C[C@@H](C(=O)NCCc3ccccc3)N(Cc3ccc(O)cc3)C2)nn1. The first-order chi connectivity index (χ1) is 16.0. The highest BCUT2D eigenvalue weighted by Gasteiger charge is 2.38. The molecule has 0 saturated carbocycles. The molecule has 0 radical (unpaired) electrons. The molecular formula is C24H27N5O4. The van der Waals surface area contributed by atoms with E-state index in [9.17, 15) is 14.7 Å². The van der Waals surface area contributed by atoms with Crippen molar-refractivity contribution in [1.82, 2.24) is 25.2 Å². The minimum absolute atomic E-state index is 0.0412. The van der Waals surface area contributed by atoms with E-state index >= 15 is 0 Å². The molecule has 0 aliphatic carbocycles. The highest BCUT2D eigenvalue weighted by molar-refractivity contribution is 5.86. The third-order valence-electron chi connectivity index (χ3n) is 5.84. The molecule has 3 aromatic rings. The normalized spacial score (nSPS) is 18.2. The maximum atomic E-state index is 13.1. The van der Waals surface area contributed by atoms with Crippen molar-refractivity contribution in [2.24, 2.45) is 0 Å². The fraction of sp³-hybridized carbons (Fsp3) is 0.333. The molecule has 0 spiro atoms. The second kappa shape index (κ2) is 10.3. The van der Waals surface area contributed by atoms with E-state index < -0.39 is 5.97 Å². The van der Waals surface area contributed by atoms with E-state index in [-0.39, 0.29) is 29.4 Å². The number of likely N-dealkylation sites (tertiary alicyclic amines) is 1. The van der Waals surface area contributed by atoms with Crippen molar-refractivity contribution in [2.45, 2.75) is 31.5 Å². The number of hydrogen-bond acceptors (Lipinski definition) is 7. The Bertz CT molecular complexity index is 1080. The van der Waals surface area contributed by atoms with Crippen LogP contribution < -0.4 is 5.32 Å². The molecule has 1 aliphatic heterocycles. The number of amides is 1. The van der Waals surface area contributed by atoms with Gasteiger partial charge in [-0.15, -0.1) is 5.10 Å². The molecule has 9 nitrogen and oxygen atoms in total. The molecule has 172 valence electrons. The molecule has 1 fully saturated rings. The fourth-order valence-electron chi connectivity index (χ4n) is 4.10. The van der Waals surface area contributed by atoms with E-state index in [2.05, 4.69) is 20.5 Å². The van der Waals surface area contributed by atoms with Crippen molar-refractivity contribution >= 4 is 11.9 Å². The van der Waals surface area contributed by atoms with Crippen molar-refractivity contribution in [3.05, 3.63) is 77.6 Å². The lowest BCUT2D eigenvalue weighted by Crippen LogP contribution is -2.43. The monoisotopic (exact) mass is 449 g/mol. The van der Waals surface area contributed by atoms with Crippen LogP contribution in [-0.4, -0.2) is 63.1 Å². The summed E-state index contributed by atoms with van der Waals surface area (Å²) in [6, 6.07) is 16.5. The van der Waals surface area contributed by atoms with Gasteiger partial charge < -0.3 is 15.2 Å². The van der Waals surface area contributed by atoms with Gasteiger partial charge in [0.15, 0.2) is 5.69 Å². The van der Waals surface area contributed by atoms with Gasteiger partial charge in [0, 0.05) is 19.6 Å². The number of hydrogen-bond donors (Lipinski definition) is 2. The number of phenols is 1. The highest BCUT2D eigenvalue weighted by Crippen LogP contribution is 2.29. The zero-order valence-electron chi connectivity index (χ0n) is 18.4. The number of nitrogens with one attached hydrogen (secondary N) is 1. The molecule has 9 heteroatoms. The smallest absolute Gasteiger partial charge is 0.360 e. The number of ether oxygens (including phenoxy) is 1. The van der Waals surface area contributed by atoms with E-state index in [1.165, 1.54) is 12.7 Å². The van der Waals surface area contributed by atoms with Crippen LogP contribution in [0.15, 0.2) is 60.8 Å². The Kier molecular flexibility index (Phi) is 6.99. The summed E-state index contributed by atoms with van der Waals surface area (Å²) >= 11 is 0. The van der Waals surface area contributed by atoms with Crippen molar-refractivity contribution in [3.63, 3.8) is 0 Å². The molecule has 0 unspecified atom stereocenters. The summed E-state index contributed by atoms with van der Waals surface area (Å²) in [6.45, 7) is 1.67. The minimum Gasteiger partial charge on any atom is -0.508 e. The lowest BCUT2D eigenvalue weighted by molar-refractivity contribution is -0.125. The minimum atomic E-state index is -0.546. The van der Waals surface area contributed by atoms with Crippen LogP contribution >= 0.6 is 0 Å². The Labute approximate surface area is 192 Å². The average molecular weight is 450 g/mol. The van der Waals surface area contributed by atoms with Gasteiger partial charge in [0.1, 0.15) is 5.75 Å². The highest BCUT2D eigenvalue weighted by atomic mass is 16.5. The van der Waals surface area contributed by atoms with Crippen LogP contribution in [0.25, 0.3) is 0 Å². The number of aromatic nitrogens is 3. The van der Waals surface area contributed by atoms with Crippen LogP contribution in [0.2, 0.25) is 0 Å². The summed E-state index contributed by atoms with van der Waals surface area (Å²) in [5, 5.41) is 20.6. The molecule has 2 aromatic carbocycles. The third kappa shape index (κ3) is 5.56. The van der Waals surface area contributed by atoms with Crippen LogP contribution in [0.5, 0.6) is 5.75 Å². The predicted molar refractivity (Wildman–Crippen MR) is 120 cm³/mol. The Morgan fingerprint density at radius 2 is 1.88 bits per heavy atom. The number of carbonyl (C=O) groups excluding carboxylic acids is 2. The van der Waals surface area contributed by atoms with Crippen molar-refractivity contribution < 1.29 is 19.4 Å². The van der Waals surface area contributed by atoms with Gasteiger partial charge >= 0.3 is 5.97 Å². The Hall–Kier alpha value is -3.72. The van der Waals surface area contributed by atoms with Crippen molar-refractivity contribution in [3.8, 4) is 5.75 Å². The first kappa shape index (κ1) is 22.5. The summed E-state index contributed by atoms with van der Waals surface area (Å²) < 4.78 is 6.34. The van der Waals surface area contributed by atoms with E-state index in [1.807, 2.05) is 42.5 Å². The van der Waals surface area contributed by atoms with Crippen molar-refractivity contribution in [1.29, 1.82) is 0 Å². The zero-order chi connectivity index (χ0) is 23.2. The topological polar surface area (TPSA) is 110 Å². The van der Waals surface area contributed by atoms with Gasteiger partial charge in [0.05, 0.1) is 25.4 Å². The van der Waals surface area contributed by atoms with E-state index in [0.717, 1.165) is 12.0 Å². The number of nitrogens with zero attached hydrogens (tertiary/aromatic N) is 4. The summed E-state index contributed by atoms with van der Waals surface area (Å²) in [5.74, 6) is -0.387. The van der Waals surface area contributed by atoms with Gasteiger partial charge in [-0.3, -0.25) is 9.69 Å². The maximum Gasteiger partial charge on any atom is 0.360 e. The van der Waals surface area contributed by atoms with Crippen molar-refractivity contribution in [2.75, 3.05) is 20.2 Å². The number of aromatic hydroxyl groups is 1. The summed E-state index contributed by atoms with van der Waals surface area (Å²) in [7, 11) is 1.30. The zero-order valence-corrected chi connectivity index (χ0v) is 18.4. The molecule has 1 saturated heterocycles. The number of benzene rings is 2. The quantitative estimate of drug-likeness (QED) is 0.506. The van der Waals surface area contributed by atoms with Crippen LogP contribution in [-0.2, 0) is 22.5 Å². The van der Waals surface area contributed by atoms with Gasteiger partial charge in [-0.05, 0) is 36.1 Å². The van der Waals surface area contributed by atoms with Gasteiger partial charge in [-0.1, -0.05) is 47.7 Å². The van der Waals surface area contributed by atoms with E-state index in [0.29, 0.717) is 26.1 Å². The van der Waals surface area contributed by atoms with Crippen LogP contribution in [0.3, 0.4) is 0 Å². The molecule has 1 aromatic heterocycles. The molecule has 33 heavy (non-hydrogen) atoms. The molecule has 1 aliphatic rings. The number of carbonyl (C=O) groups is 2. The van der Waals surface area contributed by atoms with Crippen LogP contribution in [0.1, 0.15) is 34.1 Å². The average Bonchev–Trinajstić information content (AvgIpc) is 3.48. The van der Waals surface area contributed by atoms with Crippen LogP contribution in [0, 0.1) is 0 Å². The lowest BCUT2D eigenvalue weighted by Gasteiger charge is -2.23. The second-order valence-corrected chi connectivity index (χ2v) is 8.10. The van der Waals surface area contributed by atoms with Gasteiger partial charge in [-0.2, -0.15) is 0 Å². The molecule has 2 heterocycles. The predicted octanol–water partition coefficient (Wildman–Crippen LogP) is 1.94. The summed E-state index contributed by atoms with van der Waals surface area (Å²) in [4.78, 5) is 27.0. The molecule has 4 rings (SSSR count). The lowest BCUT2D eigenvalue weighted by atomic mass is 10.1. The first-order valence-corrected chi connectivity index (χ1v) is 10.9. The number of esters is 1. The van der Waals surface area contributed by atoms with E-state index in [1.54, 1.807) is 23.0 Å². The molecular weight excluding hydrogens is 422 g/mol. The molecule has 2 atom stereocenters. The molecule has 0 bridgehead atoms. The Morgan fingerprint density at radius 1 is 1.12 bits per heavy atom. The molecule has 2 N–H and O–H groups in total. The Balaban J connectivity index is 1.46. The number of methoxy groups -OCH3 is 1.